The first kappa shape index (κ1) is 17.4. The molecule has 0 bridgehead atoms. The maximum atomic E-state index is 12.2. The van der Waals surface area contributed by atoms with Crippen molar-refractivity contribution in [3.8, 4) is 5.75 Å². The van der Waals surface area contributed by atoms with E-state index in [4.69, 9.17) is 10.5 Å². The lowest BCUT2D eigenvalue weighted by Crippen LogP contribution is -2.14. The number of carbonyl (C=O) groups excluding carboxylic acids is 1. The van der Waals surface area contributed by atoms with E-state index >= 15 is 0 Å². The normalized spacial score (nSPS) is 10.7. The molecule has 4 nitrogen and oxygen atoms in total. The number of nitrogens with two attached hydrogens (primary N) is 1. The lowest BCUT2D eigenvalue weighted by molar-refractivity contribution is -0.116. The number of amides is 1. The minimum atomic E-state index is -2.55. The lowest BCUT2D eigenvalue weighted by atomic mass is 10.1. The molecule has 0 saturated carbocycles. The van der Waals surface area contributed by atoms with Crippen molar-refractivity contribution in [2.45, 2.75) is 38.5 Å². The Balaban J connectivity index is 2.40. The summed E-state index contributed by atoms with van der Waals surface area (Å²) >= 11 is 0. The summed E-state index contributed by atoms with van der Waals surface area (Å²) in [5, 5.41) is 2.69. The molecule has 0 aliphatic carbocycles. The van der Waals surface area contributed by atoms with E-state index in [-0.39, 0.29) is 11.7 Å². The van der Waals surface area contributed by atoms with Crippen LogP contribution in [0.4, 0.5) is 14.5 Å². The van der Waals surface area contributed by atoms with Gasteiger partial charge in [0.05, 0.1) is 5.69 Å². The first-order valence-corrected chi connectivity index (χ1v) is 7.13. The van der Waals surface area contributed by atoms with E-state index in [1.54, 1.807) is 24.3 Å². The van der Waals surface area contributed by atoms with Gasteiger partial charge < -0.3 is 15.8 Å². The molecule has 1 aromatic carbocycles. The first-order chi connectivity index (χ1) is 10.1. The summed E-state index contributed by atoms with van der Waals surface area (Å²) in [6.45, 7) is -0.0208. The number of ether oxygens (including phenoxy) is 1. The van der Waals surface area contributed by atoms with Crippen molar-refractivity contribution >= 4 is 11.6 Å². The van der Waals surface area contributed by atoms with E-state index in [0.717, 1.165) is 25.7 Å². The number of hydrogen-bond acceptors (Lipinski definition) is 3. The van der Waals surface area contributed by atoms with Crippen LogP contribution in [0.1, 0.15) is 32.1 Å². The summed E-state index contributed by atoms with van der Waals surface area (Å²) in [4.78, 5) is 11.8. The van der Waals surface area contributed by atoms with Crippen LogP contribution in [0.2, 0.25) is 0 Å². The topological polar surface area (TPSA) is 64.4 Å². The Morgan fingerprint density at radius 3 is 2.62 bits per heavy atom. The highest BCUT2D eigenvalue weighted by Gasteiger charge is 2.09. The molecule has 1 rings (SSSR count). The summed E-state index contributed by atoms with van der Waals surface area (Å²) in [7, 11) is 0. The van der Waals surface area contributed by atoms with Crippen molar-refractivity contribution < 1.29 is 18.3 Å². The van der Waals surface area contributed by atoms with Gasteiger partial charge in [0, 0.05) is 6.42 Å². The van der Waals surface area contributed by atoms with Gasteiger partial charge in [-0.2, -0.15) is 0 Å². The minimum absolute atomic E-state index is 0.143. The molecule has 0 unspecified atom stereocenters. The van der Waals surface area contributed by atoms with E-state index in [2.05, 4.69) is 5.32 Å². The Hall–Kier alpha value is -1.69. The van der Waals surface area contributed by atoms with Gasteiger partial charge in [-0.25, -0.2) is 8.78 Å². The standard InChI is InChI=1S/C15H22F2N2O2/c16-14(17)11-21-13-8-5-4-7-12(13)19-15(20)9-3-1-2-6-10-18/h4-5,7-8,14H,1-3,6,9-11,18H2,(H,19,20). The summed E-state index contributed by atoms with van der Waals surface area (Å²) < 4.78 is 29.3. The Kier molecular flexibility index (Phi) is 8.35. The third-order valence-corrected chi connectivity index (χ3v) is 2.88. The van der Waals surface area contributed by atoms with Gasteiger partial charge in [0.2, 0.25) is 5.91 Å². The van der Waals surface area contributed by atoms with Crippen LogP contribution in [-0.2, 0) is 4.79 Å². The minimum Gasteiger partial charge on any atom is -0.485 e. The number of carbonyl (C=O) groups is 1. The van der Waals surface area contributed by atoms with Crippen molar-refractivity contribution in [3.05, 3.63) is 24.3 Å². The van der Waals surface area contributed by atoms with Crippen LogP contribution in [0.15, 0.2) is 24.3 Å². The van der Waals surface area contributed by atoms with Crippen molar-refractivity contribution in [2.75, 3.05) is 18.5 Å². The van der Waals surface area contributed by atoms with Crippen LogP contribution in [0.25, 0.3) is 0 Å². The molecule has 118 valence electrons. The molecule has 0 aromatic heterocycles. The van der Waals surface area contributed by atoms with Crippen LogP contribution in [0.3, 0.4) is 0 Å². The van der Waals surface area contributed by atoms with Crippen LogP contribution >= 0.6 is 0 Å². The lowest BCUT2D eigenvalue weighted by Gasteiger charge is -2.12. The predicted octanol–water partition coefficient (Wildman–Crippen LogP) is 3.18. The van der Waals surface area contributed by atoms with Gasteiger partial charge in [-0.05, 0) is 31.5 Å². The number of alkyl halides is 2. The van der Waals surface area contributed by atoms with Crippen LogP contribution < -0.4 is 15.8 Å². The van der Waals surface area contributed by atoms with Crippen molar-refractivity contribution in [2.24, 2.45) is 5.73 Å². The number of nitrogens with one attached hydrogen (secondary N) is 1. The predicted molar refractivity (Wildman–Crippen MR) is 78.7 cm³/mol. The molecular formula is C15H22F2N2O2. The molecule has 0 fully saturated rings. The van der Waals surface area contributed by atoms with E-state index < -0.39 is 13.0 Å². The molecule has 0 heterocycles. The molecule has 0 atom stereocenters. The van der Waals surface area contributed by atoms with Gasteiger partial charge in [-0.3, -0.25) is 4.79 Å². The summed E-state index contributed by atoms with van der Waals surface area (Å²) in [6, 6.07) is 6.57. The zero-order valence-electron chi connectivity index (χ0n) is 12.0. The number of unbranched alkanes of at least 4 members (excludes halogenated alkanes) is 3. The van der Waals surface area contributed by atoms with Crippen LogP contribution in [0, 0.1) is 0 Å². The highest BCUT2D eigenvalue weighted by Crippen LogP contribution is 2.24. The molecule has 6 heteroatoms. The van der Waals surface area contributed by atoms with Crippen LogP contribution in [0.5, 0.6) is 5.75 Å². The summed E-state index contributed by atoms with van der Waals surface area (Å²) in [5.41, 5.74) is 5.81. The molecule has 0 spiro atoms. The monoisotopic (exact) mass is 300 g/mol. The largest absolute Gasteiger partial charge is 0.485 e. The zero-order chi connectivity index (χ0) is 15.5. The molecule has 3 N–H and O–H groups in total. The second kappa shape index (κ2) is 10.1. The smallest absolute Gasteiger partial charge is 0.272 e. The fourth-order valence-corrected chi connectivity index (χ4v) is 1.84. The number of para-hydroxylation sites is 2. The molecule has 1 amide bonds. The van der Waals surface area contributed by atoms with Crippen molar-refractivity contribution in [1.29, 1.82) is 0 Å². The van der Waals surface area contributed by atoms with E-state index in [1.165, 1.54) is 0 Å². The molecule has 0 saturated heterocycles. The number of benzene rings is 1. The molecular weight excluding hydrogens is 278 g/mol. The van der Waals surface area contributed by atoms with E-state index in [1.807, 2.05) is 0 Å². The van der Waals surface area contributed by atoms with E-state index in [0.29, 0.717) is 18.7 Å². The number of halogens is 2. The third-order valence-electron chi connectivity index (χ3n) is 2.88. The summed E-state index contributed by atoms with van der Waals surface area (Å²) in [5.74, 6) is 0.116. The second-order valence-electron chi connectivity index (χ2n) is 4.70. The SMILES string of the molecule is NCCCCCCC(=O)Nc1ccccc1OCC(F)F. The Labute approximate surface area is 123 Å². The fourth-order valence-electron chi connectivity index (χ4n) is 1.84. The maximum Gasteiger partial charge on any atom is 0.272 e. The maximum absolute atomic E-state index is 12.2. The number of rotatable bonds is 10. The highest BCUT2D eigenvalue weighted by atomic mass is 19.3. The Morgan fingerprint density at radius 2 is 1.90 bits per heavy atom. The van der Waals surface area contributed by atoms with Crippen LogP contribution in [-0.4, -0.2) is 25.5 Å². The first-order valence-electron chi connectivity index (χ1n) is 7.13. The third kappa shape index (κ3) is 7.60. The van der Waals surface area contributed by atoms with Gasteiger partial charge in [0.25, 0.3) is 6.43 Å². The van der Waals surface area contributed by atoms with Gasteiger partial charge in [-0.15, -0.1) is 0 Å². The fraction of sp³-hybridized carbons (Fsp3) is 0.533. The second-order valence-corrected chi connectivity index (χ2v) is 4.70. The van der Waals surface area contributed by atoms with Crippen molar-refractivity contribution in [1.82, 2.24) is 0 Å². The molecule has 0 aliphatic rings. The molecule has 0 radical (unpaired) electrons. The van der Waals surface area contributed by atoms with Gasteiger partial charge in [0.15, 0.2) is 0 Å². The van der Waals surface area contributed by atoms with Gasteiger partial charge >= 0.3 is 0 Å². The summed E-state index contributed by atoms with van der Waals surface area (Å²) in [6.07, 6.45) is 1.56. The molecule has 1 aromatic rings. The zero-order valence-corrected chi connectivity index (χ0v) is 12.0. The quantitative estimate of drug-likeness (QED) is 0.652. The average Bonchev–Trinajstić information content (AvgIpc) is 2.46. The average molecular weight is 300 g/mol. The number of hydrogen-bond donors (Lipinski definition) is 2. The van der Waals surface area contributed by atoms with Gasteiger partial charge in [0.1, 0.15) is 12.4 Å². The Bertz CT molecular complexity index is 428. The molecule has 0 aliphatic heterocycles. The highest BCUT2D eigenvalue weighted by molar-refractivity contribution is 5.92. The molecule has 21 heavy (non-hydrogen) atoms. The van der Waals surface area contributed by atoms with E-state index in [9.17, 15) is 13.6 Å². The van der Waals surface area contributed by atoms with Crippen molar-refractivity contribution in [3.63, 3.8) is 0 Å². The number of anilines is 1. The Morgan fingerprint density at radius 1 is 1.19 bits per heavy atom. The van der Waals surface area contributed by atoms with Gasteiger partial charge in [-0.1, -0.05) is 25.0 Å².